The summed E-state index contributed by atoms with van der Waals surface area (Å²) in [5, 5.41) is 10.6. The monoisotopic (exact) mass is 469 g/mol. The lowest BCUT2D eigenvalue weighted by molar-refractivity contribution is 0.0627. The number of aliphatic hydroxyl groups is 1. The molecule has 2 aromatic rings. The van der Waals surface area contributed by atoms with E-state index in [1.54, 1.807) is 36.4 Å². The number of sulfonamides is 1. The maximum Gasteiger partial charge on any atom is 0.208 e. The van der Waals surface area contributed by atoms with E-state index in [1.807, 2.05) is 6.07 Å². The van der Waals surface area contributed by atoms with Crippen molar-refractivity contribution < 1.29 is 27.4 Å². The second-order valence-electron chi connectivity index (χ2n) is 8.14. The summed E-state index contributed by atoms with van der Waals surface area (Å²) >= 11 is 0. The highest BCUT2D eigenvalue weighted by atomic mass is 32.3. The highest BCUT2D eigenvalue weighted by Gasteiger charge is 2.38. The molecule has 2 atom stereocenters. The predicted octanol–water partition coefficient (Wildman–Crippen LogP) is 2.79. The molecule has 5 N–H and O–H groups in total. The molecule has 0 aliphatic carbocycles. The summed E-state index contributed by atoms with van der Waals surface area (Å²) in [6.07, 6.45) is 2.82. The molecule has 0 aromatic heterocycles. The molecule has 11 heteroatoms. The Morgan fingerprint density at radius 3 is 2.58 bits per heavy atom. The number of benzene rings is 2. The van der Waals surface area contributed by atoms with Crippen molar-refractivity contribution >= 4 is 26.5 Å². The number of hydrogen-bond donors (Lipinski definition) is 5. The van der Waals surface area contributed by atoms with Gasteiger partial charge in [0.25, 0.3) is 0 Å². The Morgan fingerprint density at radius 1 is 1.23 bits per heavy atom. The third-order valence-corrected chi connectivity index (χ3v) is 7.70. The molecule has 2 aliphatic heterocycles. The fourth-order valence-corrected chi connectivity index (χ4v) is 5.90. The van der Waals surface area contributed by atoms with Gasteiger partial charge >= 0.3 is 0 Å². The van der Waals surface area contributed by atoms with Crippen molar-refractivity contribution in [3.8, 4) is 11.5 Å². The zero-order valence-corrected chi connectivity index (χ0v) is 18.9. The Kier molecular flexibility index (Phi) is 5.71. The number of rotatable bonds is 6. The second-order valence-corrected chi connectivity index (χ2v) is 11.7. The van der Waals surface area contributed by atoms with E-state index in [0.29, 0.717) is 22.0 Å². The van der Waals surface area contributed by atoms with Gasteiger partial charge in [-0.3, -0.25) is 9.11 Å². The highest BCUT2D eigenvalue weighted by molar-refractivity contribution is 8.22. The lowest BCUT2D eigenvalue weighted by Crippen LogP contribution is -2.46. The lowest BCUT2D eigenvalue weighted by Gasteiger charge is -2.46. The minimum atomic E-state index is -3.42. The van der Waals surface area contributed by atoms with Crippen LogP contribution in [0.1, 0.15) is 25.3 Å². The van der Waals surface area contributed by atoms with Gasteiger partial charge in [-0.1, -0.05) is 12.1 Å². The van der Waals surface area contributed by atoms with E-state index in [-0.39, 0.29) is 12.7 Å². The molecule has 31 heavy (non-hydrogen) atoms. The van der Waals surface area contributed by atoms with Crippen molar-refractivity contribution in [3.05, 3.63) is 48.0 Å². The lowest BCUT2D eigenvalue weighted by atomic mass is 9.96. The molecule has 2 heterocycles. The van der Waals surface area contributed by atoms with Crippen LogP contribution < -0.4 is 19.1 Å². The van der Waals surface area contributed by atoms with E-state index in [1.165, 1.54) is 6.92 Å². The molecule has 2 unspecified atom stereocenters. The van der Waals surface area contributed by atoms with Crippen LogP contribution in [0, 0.1) is 0 Å². The quantitative estimate of drug-likeness (QED) is 0.436. The van der Waals surface area contributed by atoms with Crippen molar-refractivity contribution in [2.24, 2.45) is 0 Å². The Labute approximate surface area is 183 Å². The highest BCUT2D eigenvalue weighted by Crippen LogP contribution is 2.55. The standard InChI is InChI=1S/C20H27N3O6S2/c1-20(24,13-21-30(2,25)26)14-5-7-15(8-6-14)29-16-9-10-17-18(12-16)31(27,28)22-19-4-3-11-23(17)19/h5-10,12,19,21-22,24,27-28H,3-4,11,13H2,1-2H3. The normalized spacial score (nSPS) is 22.9. The molecule has 0 radical (unpaired) electrons. The van der Waals surface area contributed by atoms with Crippen molar-refractivity contribution in [1.29, 1.82) is 0 Å². The van der Waals surface area contributed by atoms with Crippen molar-refractivity contribution in [1.82, 2.24) is 9.44 Å². The minimum Gasteiger partial charge on any atom is -0.457 e. The van der Waals surface area contributed by atoms with E-state index < -0.39 is 26.4 Å². The van der Waals surface area contributed by atoms with Crippen LogP contribution in [-0.2, 0) is 15.6 Å². The van der Waals surface area contributed by atoms with Crippen LogP contribution in [0.25, 0.3) is 0 Å². The number of anilines is 1. The number of nitrogens with one attached hydrogen (secondary N) is 2. The third kappa shape index (κ3) is 4.82. The summed E-state index contributed by atoms with van der Waals surface area (Å²) in [4.78, 5) is 2.55. The van der Waals surface area contributed by atoms with Gasteiger partial charge in [0.15, 0.2) is 0 Å². The molecule has 170 valence electrons. The fourth-order valence-electron chi connectivity index (χ4n) is 3.85. The molecule has 0 saturated carbocycles. The molecular formula is C20H27N3O6S2. The van der Waals surface area contributed by atoms with Crippen LogP contribution in [0.4, 0.5) is 5.69 Å². The smallest absolute Gasteiger partial charge is 0.208 e. The van der Waals surface area contributed by atoms with Gasteiger partial charge in [0.2, 0.25) is 10.0 Å². The number of hydrogen-bond acceptors (Lipinski definition) is 8. The average molecular weight is 470 g/mol. The molecule has 0 bridgehead atoms. The summed E-state index contributed by atoms with van der Waals surface area (Å²) in [6, 6.07) is 11.9. The average Bonchev–Trinajstić information content (AvgIpc) is 3.14. The maximum absolute atomic E-state index is 11.3. The molecule has 2 aliphatic rings. The summed E-state index contributed by atoms with van der Waals surface area (Å²) in [5.41, 5.74) is -0.0551. The molecule has 4 rings (SSSR count). The summed E-state index contributed by atoms with van der Waals surface area (Å²) < 4.78 is 54.8. The zero-order valence-electron chi connectivity index (χ0n) is 17.3. The summed E-state index contributed by atoms with van der Waals surface area (Å²) in [6.45, 7) is 2.23. The number of fused-ring (bicyclic) bond motifs is 3. The van der Waals surface area contributed by atoms with E-state index in [4.69, 9.17) is 4.74 Å². The summed E-state index contributed by atoms with van der Waals surface area (Å²) in [5.74, 6) is 0.950. The van der Waals surface area contributed by atoms with Crippen molar-refractivity contribution in [3.63, 3.8) is 0 Å². The third-order valence-electron chi connectivity index (χ3n) is 5.49. The number of nitrogens with zero attached hydrogens (tertiary/aromatic N) is 1. The largest absolute Gasteiger partial charge is 0.457 e. The van der Waals surface area contributed by atoms with Crippen LogP contribution in [0.3, 0.4) is 0 Å². The molecule has 0 amide bonds. The van der Waals surface area contributed by atoms with Gasteiger partial charge in [-0.15, -0.1) is 10.8 Å². The van der Waals surface area contributed by atoms with Crippen LogP contribution in [0.2, 0.25) is 0 Å². The Morgan fingerprint density at radius 2 is 1.90 bits per heavy atom. The van der Waals surface area contributed by atoms with Crippen molar-refractivity contribution in [2.75, 3.05) is 24.2 Å². The van der Waals surface area contributed by atoms with Crippen LogP contribution in [-0.4, -0.2) is 48.1 Å². The molecule has 2 aromatic carbocycles. The number of ether oxygens (including phenoxy) is 1. The predicted molar refractivity (Wildman–Crippen MR) is 120 cm³/mol. The Hall–Kier alpha value is -1.86. The first-order valence-corrected chi connectivity index (χ1v) is 13.3. The Bertz CT molecular complexity index is 1070. The van der Waals surface area contributed by atoms with Crippen molar-refractivity contribution in [2.45, 2.75) is 36.4 Å². The van der Waals surface area contributed by atoms with Gasteiger partial charge in [0.05, 0.1) is 18.1 Å². The van der Waals surface area contributed by atoms with E-state index >= 15 is 0 Å². The second kappa shape index (κ2) is 7.93. The fraction of sp³-hybridized carbons (Fsp3) is 0.400. The molecule has 1 fully saturated rings. The van der Waals surface area contributed by atoms with Crippen LogP contribution in [0.15, 0.2) is 47.4 Å². The van der Waals surface area contributed by atoms with Gasteiger partial charge < -0.3 is 14.7 Å². The zero-order chi connectivity index (χ0) is 22.4. The van der Waals surface area contributed by atoms with Crippen LogP contribution >= 0.6 is 10.8 Å². The van der Waals surface area contributed by atoms with Gasteiger partial charge in [0.1, 0.15) is 22.0 Å². The topological polar surface area (TPSA) is 131 Å². The molecule has 9 nitrogen and oxygen atoms in total. The first-order chi connectivity index (χ1) is 14.4. The van der Waals surface area contributed by atoms with E-state index in [0.717, 1.165) is 31.3 Å². The van der Waals surface area contributed by atoms with Gasteiger partial charge in [-0.05, 0) is 49.6 Å². The van der Waals surface area contributed by atoms with Gasteiger partial charge in [-0.25, -0.2) is 13.1 Å². The van der Waals surface area contributed by atoms with Gasteiger partial charge in [-0.2, -0.15) is 4.72 Å². The van der Waals surface area contributed by atoms with Gasteiger partial charge in [0, 0.05) is 19.2 Å². The minimum absolute atomic E-state index is 0.0678. The molecule has 0 spiro atoms. The first kappa shape index (κ1) is 22.3. The first-order valence-electron chi connectivity index (χ1n) is 9.86. The molecule has 1 saturated heterocycles. The summed E-state index contributed by atoms with van der Waals surface area (Å²) in [7, 11) is -6.54. The van der Waals surface area contributed by atoms with E-state index in [2.05, 4.69) is 14.3 Å². The Balaban J connectivity index is 1.51. The molecular weight excluding hydrogens is 442 g/mol. The van der Waals surface area contributed by atoms with E-state index in [9.17, 15) is 22.6 Å². The van der Waals surface area contributed by atoms with Crippen LogP contribution in [0.5, 0.6) is 11.5 Å². The SMILES string of the molecule is CC(O)(CNS(C)(=O)=O)c1ccc(Oc2ccc3c(c2)S(O)(O)NC2CCCN32)cc1. The maximum atomic E-state index is 11.3.